The Morgan fingerprint density at radius 3 is 2.71 bits per heavy atom. The average Bonchev–Trinajstić information content (AvgIpc) is 2.67. The SMILES string of the molecule is CC(C)(O)CCCCc1c[nH]c2ccccc12. The van der Waals surface area contributed by atoms with Crippen LogP contribution in [0.3, 0.4) is 0 Å². The third-order valence-corrected chi connectivity index (χ3v) is 3.16. The van der Waals surface area contributed by atoms with Crippen molar-refractivity contribution in [2.24, 2.45) is 0 Å². The fourth-order valence-electron chi connectivity index (χ4n) is 2.21. The fourth-order valence-corrected chi connectivity index (χ4v) is 2.21. The topological polar surface area (TPSA) is 36.0 Å². The fraction of sp³-hybridized carbons (Fsp3) is 0.467. The van der Waals surface area contributed by atoms with Gasteiger partial charge in [0.2, 0.25) is 0 Å². The van der Waals surface area contributed by atoms with Crippen LogP contribution in [0, 0.1) is 0 Å². The predicted molar refractivity (Wildman–Crippen MR) is 72.2 cm³/mol. The highest BCUT2D eigenvalue weighted by atomic mass is 16.3. The molecular formula is C15H21NO. The Hall–Kier alpha value is -1.28. The molecule has 0 radical (unpaired) electrons. The van der Waals surface area contributed by atoms with Gasteiger partial charge in [0.15, 0.2) is 0 Å². The van der Waals surface area contributed by atoms with Gasteiger partial charge in [-0.15, -0.1) is 0 Å². The molecule has 0 unspecified atom stereocenters. The maximum atomic E-state index is 9.64. The van der Waals surface area contributed by atoms with Crippen LogP contribution in [0.4, 0.5) is 0 Å². The maximum Gasteiger partial charge on any atom is 0.0591 e. The minimum atomic E-state index is -0.528. The molecule has 0 saturated carbocycles. The van der Waals surface area contributed by atoms with E-state index in [0.29, 0.717) is 0 Å². The van der Waals surface area contributed by atoms with Crippen molar-refractivity contribution in [3.05, 3.63) is 36.0 Å². The summed E-state index contributed by atoms with van der Waals surface area (Å²) in [5.74, 6) is 0. The van der Waals surface area contributed by atoms with Crippen molar-refractivity contribution in [1.29, 1.82) is 0 Å². The molecule has 2 N–H and O–H groups in total. The maximum absolute atomic E-state index is 9.64. The summed E-state index contributed by atoms with van der Waals surface area (Å²) in [7, 11) is 0. The first-order valence-corrected chi connectivity index (χ1v) is 6.34. The number of aliphatic hydroxyl groups is 1. The summed E-state index contributed by atoms with van der Waals surface area (Å²) in [6, 6.07) is 8.40. The molecule has 0 amide bonds. The Balaban J connectivity index is 1.91. The van der Waals surface area contributed by atoms with Gasteiger partial charge >= 0.3 is 0 Å². The van der Waals surface area contributed by atoms with Crippen LogP contribution in [0.1, 0.15) is 38.7 Å². The number of H-pyrrole nitrogens is 1. The van der Waals surface area contributed by atoms with Gasteiger partial charge in [0.25, 0.3) is 0 Å². The lowest BCUT2D eigenvalue weighted by Crippen LogP contribution is -2.17. The summed E-state index contributed by atoms with van der Waals surface area (Å²) in [5.41, 5.74) is 2.07. The number of benzene rings is 1. The van der Waals surface area contributed by atoms with Gasteiger partial charge in [-0.05, 0) is 44.7 Å². The molecule has 2 rings (SSSR count). The van der Waals surface area contributed by atoms with Crippen LogP contribution < -0.4 is 0 Å². The minimum absolute atomic E-state index is 0.528. The van der Waals surface area contributed by atoms with Gasteiger partial charge in [-0.25, -0.2) is 0 Å². The number of rotatable bonds is 5. The molecule has 2 nitrogen and oxygen atoms in total. The predicted octanol–water partition coefficient (Wildman–Crippen LogP) is 3.65. The molecule has 0 saturated heterocycles. The zero-order valence-electron chi connectivity index (χ0n) is 10.7. The van der Waals surface area contributed by atoms with Crippen molar-refractivity contribution >= 4 is 10.9 Å². The molecule has 0 aliphatic carbocycles. The second kappa shape index (κ2) is 4.92. The standard InChI is InChI=1S/C15H21NO/c1-15(2,17)10-6-5-7-12-11-16-14-9-4-3-8-13(12)14/h3-4,8-9,11,16-17H,5-7,10H2,1-2H3. The molecule has 0 bridgehead atoms. The highest BCUT2D eigenvalue weighted by Gasteiger charge is 2.11. The molecular weight excluding hydrogens is 210 g/mol. The van der Waals surface area contributed by atoms with Gasteiger partial charge in [-0.1, -0.05) is 24.6 Å². The van der Waals surface area contributed by atoms with E-state index in [9.17, 15) is 5.11 Å². The number of nitrogens with one attached hydrogen (secondary N) is 1. The van der Waals surface area contributed by atoms with Crippen LogP contribution in [0.2, 0.25) is 0 Å². The smallest absolute Gasteiger partial charge is 0.0591 e. The molecule has 0 spiro atoms. The number of fused-ring (bicyclic) bond motifs is 1. The van der Waals surface area contributed by atoms with Crippen molar-refractivity contribution < 1.29 is 5.11 Å². The van der Waals surface area contributed by atoms with Crippen LogP contribution in [0.15, 0.2) is 30.5 Å². The Bertz CT molecular complexity index is 479. The van der Waals surface area contributed by atoms with Gasteiger partial charge < -0.3 is 10.1 Å². The molecule has 1 heterocycles. The van der Waals surface area contributed by atoms with Gasteiger partial charge in [0, 0.05) is 17.1 Å². The van der Waals surface area contributed by atoms with Gasteiger partial charge in [-0.2, -0.15) is 0 Å². The number of para-hydroxylation sites is 1. The molecule has 1 aromatic heterocycles. The minimum Gasteiger partial charge on any atom is -0.390 e. The van der Waals surface area contributed by atoms with Crippen LogP contribution in [0.25, 0.3) is 10.9 Å². The zero-order chi connectivity index (χ0) is 12.3. The second-order valence-electron chi connectivity index (χ2n) is 5.38. The van der Waals surface area contributed by atoms with Crippen molar-refractivity contribution in [1.82, 2.24) is 4.98 Å². The van der Waals surface area contributed by atoms with E-state index in [-0.39, 0.29) is 0 Å². The lowest BCUT2D eigenvalue weighted by atomic mass is 9.99. The molecule has 1 aromatic carbocycles. The van der Waals surface area contributed by atoms with E-state index < -0.39 is 5.60 Å². The second-order valence-corrected chi connectivity index (χ2v) is 5.38. The van der Waals surface area contributed by atoms with Crippen molar-refractivity contribution in [3.63, 3.8) is 0 Å². The molecule has 92 valence electrons. The normalized spacial score (nSPS) is 12.2. The number of hydrogen-bond acceptors (Lipinski definition) is 1. The lowest BCUT2D eigenvalue weighted by molar-refractivity contribution is 0.0682. The van der Waals surface area contributed by atoms with Crippen molar-refractivity contribution in [2.45, 2.75) is 45.1 Å². The van der Waals surface area contributed by atoms with Crippen LogP contribution in [0.5, 0.6) is 0 Å². The zero-order valence-corrected chi connectivity index (χ0v) is 10.7. The number of aryl methyl sites for hydroxylation is 1. The third kappa shape index (κ3) is 3.34. The van der Waals surface area contributed by atoms with E-state index in [1.807, 2.05) is 13.8 Å². The van der Waals surface area contributed by atoms with Gasteiger partial charge in [0.05, 0.1) is 5.60 Å². The highest BCUT2D eigenvalue weighted by Crippen LogP contribution is 2.20. The first-order chi connectivity index (χ1) is 8.06. The van der Waals surface area contributed by atoms with Crippen molar-refractivity contribution in [2.75, 3.05) is 0 Å². The Morgan fingerprint density at radius 1 is 1.18 bits per heavy atom. The third-order valence-electron chi connectivity index (χ3n) is 3.16. The van der Waals surface area contributed by atoms with E-state index in [1.54, 1.807) is 0 Å². The monoisotopic (exact) mass is 231 g/mol. The highest BCUT2D eigenvalue weighted by molar-refractivity contribution is 5.82. The number of aromatic amines is 1. The molecule has 17 heavy (non-hydrogen) atoms. The Morgan fingerprint density at radius 2 is 1.94 bits per heavy atom. The molecule has 0 aliphatic heterocycles. The molecule has 2 aromatic rings. The summed E-state index contributed by atoms with van der Waals surface area (Å²) in [5, 5.41) is 11.0. The summed E-state index contributed by atoms with van der Waals surface area (Å²) in [4.78, 5) is 3.30. The summed E-state index contributed by atoms with van der Waals surface area (Å²) in [6.07, 6.45) is 6.26. The van der Waals surface area contributed by atoms with E-state index >= 15 is 0 Å². The van der Waals surface area contributed by atoms with Gasteiger partial charge in [0.1, 0.15) is 0 Å². The Labute approximate surface area is 103 Å². The molecule has 0 atom stereocenters. The first-order valence-electron chi connectivity index (χ1n) is 6.34. The average molecular weight is 231 g/mol. The summed E-state index contributed by atoms with van der Waals surface area (Å²) >= 11 is 0. The van der Waals surface area contributed by atoms with Gasteiger partial charge in [-0.3, -0.25) is 0 Å². The number of aromatic nitrogens is 1. The first kappa shape index (κ1) is 12.2. The summed E-state index contributed by atoms with van der Waals surface area (Å²) in [6.45, 7) is 3.75. The Kier molecular flexibility index (Phi) is 3.53. The number of unbranched alkanes of at least 4 members (excludes halogenated alkanes) is 1. The van der Waals surface area contributed by atoms with E-state index in [0.717, 1.165) is 25.7 Å². The van der Waals surface area contributed by atoms with E-state index in [4.69, 9.17) is 0 Å². The van der Waals surface area contributed by atoms with Crippen molar-refractivity contribution in [3.8, 4) is 0 Å². The van der Waals surface area contributed by atoms with E-state index in [2.05, 4.69) is 35.4 Å². The summed E-state index contributed by atoms with van der Waals surface area (Å²) < 4.78 is 0. The molecule has 2 heteroatoms. The lowest BCUT2D eigenvalue weighted by Gasteiger charge is -2.16. The number of hydrogen-bond donors (Lipinski definition) is 2. The van der Waals surface area contributed by atoms with Crippen LogP contribution in [-0.2, 0) is 6.42 Å². The quantitative estimate of drug-likeness (QED) is 0.757. The van der Waals surface area contributed by atoms with E-state index in [1.165, 1.54) is 16.5 Å². The molecule has 0 aliphatic rings. The largest absolute Gasteiger partial charge is 0.390 e. The van der Waals surface area contributed by atoms with Crippen LogP contribution in [-0.4, -0.2) is 15.7 Å². The van der Waals surface area contributed by atoms with Crippen LogP contribution >= 0.6 is 0 Å². The molecule has 0 fully saturated rings.